The molecule has 2 aromatic carbocycles. The number of benzene rings is 2. The van der Waals surface area contributed by atoms with Gasteiger partial charge in [0.15, 0.2) is 5.13 Å². The fourth-order valence-corrected chi connectivity index (χ4v) is 3.88. The van der Waals surface area contributed by atoms with E-state index in [0.29, 0.717) is 17.5 Å². The Hall–Kier alpha value is -2.53. The third-order valence-electron chi connectivity index (χ3n) is 4.59. The molecule has 0 aliphatic rings. The summed E-state index contributed by atoms with van der Waals surface area (Å²) in [6.07, 6.45) is 3.46. The highest BCUT2D eigenvalue weighted by Gasteiger charge is 2.17. The van der Waals surface area contributed by atoms with Gasteiger partial charge in [-0.2, -0.15) is 0 Å². The van der Waals surface area contributed by atoms with Gasteiger partial charge in [0.05, 0.1) is 5.92 Å². The van der Waals surface area contributed by atoms with Crippen molar-refractivity contribution in [3.8, 4) is 0 Å². The molecule has 1 N–H and O–H groups in total. The molecule has 3 rings (SSSR count). The molecule has 146 valence electrons. The molecule has 0 radical (unpaired) electrons. The second-order valence-electron chi connectivity index (χ2n) is 7.49. The van der Waals surface area contributed by atoms with Gasteiger partial charge in [0.1, 0.15) is 5.82 Å². The maximum Gasteiger partial charge on any atom is 0.233 e. The highest BCUT2D eigenvalue weighted by atomic mass is 32.1. The molecule has 3 aromatic rings. The van der Waals surface area contributed by atoms with Crippen LogP contribution >= 0.6 is 11.3 Å². The first-order valence-corrected chi connectivity index (χ1v) is 10.3. The van der Waals surface area contributed by atoms with E-state index in [0.717, 1.165) is 22.4 Å². The second kappa shape index (κ2) is 9.11. The van der Waals surface area contributed by atoms with Crippen LogP contribution in [0.4, 0.5) is 9.52 Å². The number of rotatable bonds is 7. The van der Waals surface area contributed by atoms with Crippen molar-refractivity contribution in [2.45, 2.75) is 39.5 Å². The first kappa shape index (κ1) is 20.2. The fraction of sp³-hybridized carbons (Fsp3) is 0.304. The van der Waals surface area contributed by atoms with E-state index in [1.54, 1.807) is 18.3 Å². The van der Waals surface area contributed by atoms with E-state index in [4.69, 9.17) is 0 Å². The molecule has 1 atom stereocenters. The van der Waals surface area contributed by atoms with E-state index in [2.05, 4.69) is 36.3 Å². The molecule has 0 spiro atoms. The lowest BCUT2D eigenvalue weighted by atomic mass is 9.96. The van der Waals surface area contributed by atoms with Gasteiger partial charge in [-0.15, -0.1) is 11.3 Å². The molecule has 0 saturated carbocycles. The third kappa shape index (κ3) is 5.49. The van der Waals surface area contributed by atoms with Crippen molar-refractivity contribution in [1.82, 2.24) is 4.98 Å². The third-order valence-corrected chi connectivity index (χ3v) is 5.51. The summed E-state index contributed by atoms with van der Waals surface area (Å²) < 4.78 is 13.0. The second-order valence-corrected chi connectivity index (χ2v) is 8.60. The van der Waals surface area contributed by atoms with Gasteiger partial charge in [-0.1, -0.05) is 50.2 Å². The van der Waals surface area contributed by atoms with E-state index in [1.165, 1.54) is 29.0 Å². The van der Waals surface area contributed by atoms with Crippen molar-refractivity contribution in [2.24, 2.45) is 5.92 Å². The van der Waals surface area contributed by atoms with Gasteiger partial charge in [-0.05, 0) is 48.1 Å². The van der Waals surface area contributed by atoms with Crippen LogP contribution in [0.15, 0.2) is 54.7 Å². The monoisotopic (exact) mass is 396 g/mol. The lowest BCUT2D eigenvalue weighted by Gasteiger charge is -2.12. The molecule has 0 bridgehead atoms. The van der Waals surface area contributed by atoms with E-state index >= 15 is 0 Å². The largest absolute Gasteiger partial charge is 0.301 e. The molecule has 1 amide bonds. The van der Waals surface area contributed by atoms with Gasteiger partial charge in [-0.25, -0.2) is 9.37 Å². The summed E-state index contributed by atoms with van der Waals surface area (Å²) in [7, 11) is 0. The number of thiazole rings is 1. The predicted octanol–water partition coefficient (Wildman–Crippen LogP) is 5.81. The maximum atomic E-state index is 13.0. The Bertz CT molecular complexity index is 917. The van der Waals surface area contributed by atoms with Crippen LogP contribution < -0.4 is 5.32 Å². The van der Waals surface area contributed by atoms with Gasteiger partial charge >= 0.3 is 0 Å². The zero-order valence-corrected chi connectivity index (χ0v) is 17.2. The number of aromatic nitrogens is 1. The van der Waals surface area contributed by atoms with Gasteiger partial charge in [-0.3, -0.25) is 4.79 Å². The first-order valence-electron chi connectivity index (χ1n) is 9.49. The number of amides is 1. The SMILES string of the molecule is CC(C)Cc1ccc([C@@H](C)C(=O)Nc2ncc(Cc3ccc(F)cc3)s2)cc1. The van der Waals surface area contributed by atoms with Crippen LogP contribution in [-0.2, 0) is 17.6 Å². The molecule has 1 heterocycles. The minimum Gasteiger partial charge on any atom is -0.301 e. The Balaban J connectivity index is 1.59. The zero-order chi connectivity index (χ0) is 20.1. The molecular formula is C23H25FN2OS. The Kier molecular flexibility index (Phi) is 6.57. The molecule has 3 nitrogen and oxygen atoms in total. The van der Waals surface area contributed by atoms with Crippen molar-refractivity contribution in [1.29, 1.82) is 0 Å². The number of nitrogens with zero attached hydrogens (tertiary/aromatic N) is 1. The topological polar surface area (TPSA) is 42.0 Å². The molecule has 0 aliphatic heterocycles. The summed E-state index contributed by atoms with van der Waals surface area (Å²) >= 11 is 1.45. The quantitative estimate of drug-likeness (QED) is 0.547. The smallest absolute Gasteiger partial charge is 0.233 e. The van der Waals surface area contributed by atoms with Crippen LogP contribution in [0.1, 0.15) is 48.3 Å². The van der Waals surface area contributed by atoms with Crippen LogP contribution in [0.3, 0.4) is 0 Å². The summed E-state index contributed by atoms with van der Waals surface area (Å²) in [5.41, 5.74) is 3.29. The number of anilines is 1. The molecular weight excluding hydrogens is 371 g/mol. The van der Waals surface area contributed by atoms with Crippen molar-refractivity contribution in [3.63, 3.8) is 0 Å². The van der Waals surface area contributed by atoms with E-state index in [9.17, 15) is 9.18 Å². The summed E-state index contributed by atoms with van der Waals surface area (Å²) in [6, 6.07) is 14.7. The van der Waals surface area contributed by atoms with Crippen LogP contribution in [0.5, 0.6) is 0 Å². The minimum absolute atomic E-state index is 0.0701. The molecule has 5 heteroatoms. The normalized spacial score (nSPS) is 12.2. The number of carbonyl (C=O) groups is 1. The summed E-state index contributed by atoms with van der Waals surface area (Å²) in [5, 5.41) is 3.50. The van der Waals surface area contributed by atoms with E-state index < -0.39 is 0 Å². The predicted molar refractivity (Wildman–Crippen MR) is 113 cm³/mol. The number of hydrogen-bond acceptors (Lipinski definition) is 3. The Morgan fingerprint density at radius 1 is 1.04 bits per heavy atom. The molecule has 0 saturated heterocycles. The number of hydrogen-bond donors (Lipinski definition) is 1. The van der Waals surface area contributed by atoms with Crippen molar-refractivity contribution in [2.75, 3.05) is 5.32 Å². The summed E-state index contributed by atoms with van der Waals surface area (Å²) in [5.74, 6) is 0.0460. The first-order chi connectivity index (χ1) is 13.4. The number of halogens is 1. The van der Waals surface area contributed by atoms with Crippen LogP contribution in [0.25, 0.3) is 0 Å². The Labute approximate surface area is 169 Å². The standard InChI is InChI=1S/C23H25FN2OS/c1-15(2)12-17-4-8-19(9-5-17)16(3)22(27)26-23-25-14-21(28-23)13-18-6-10-20(24)11-7-18/h4-11,14-16H,12-13H2,1-3H3,(H,25,26,27)/t16-/m1/s1. The highest BCUT2D eigenvalue weighted by molar-refractivity contribution is 7.15. The Morgan fingerprint density at radius 3 is 2.32 bits per heavy atom. The van der Waals surface area contributed by atoms with Gasteiger partial charge in [0.25, 0.3) is 0 Å². The van der Waals surface area contributed by atoms with E-state index in [-0.39, 0.29) is 17.6 Å². The van der Waals surface area contributed by atoms with Crippen LogP contribution in [-0.4, -0.2) is 10.9 Å². The van der Waals surface area contributed by atoms with Crippen LogP contribution in [0.2, 0.25) is 0 Å². The summed E-state index contributed by atoms with van der Waals surface area (Å²) in [6.45, 7) is 6.30. The van der Waals surface area contributed by atoms with Gasteiger partial charge in [0, 0.05) is 17.5 Å². The lowest BCUT2D eigenvalue weighted by Crippen LogP contribution is -2.18. The molecule has 1 aromatic heterocycles. The minimum atomic E-state index is -0.252. The van der Waals surface area contributed by atoms with Crippen molar-refractivity contribution in [3.05, 3.63) is 82.1 Å². The van der Waals surface area contributed by atoms with E-state index in [1.807, 2.05) is 19.1 Å². The highest BCUT2D eigenvalue weighted by Crippen LogP contribution is 2.24. The summed E-state index contributed by atoms with van der Waals surface area (Å²) in [4.78, 5) is 17.9. The lowest BCUT2D eigenvalue weighted by molar-refractivity contribution is -0.117. The molecule has 0 aliphatic carbocycles. The number of carbonyl (C=O) groups excluding carboxylic acids is 1. The average molecular weight is 397 g/mol. The average Bonchev–Trinajstić information content (AvgIpc) is 3.10. The molecule has 28 heavy (non-hydrogen) atoms. The fourth-order valence-electron chi connectivity index (χ4n) is 3.03. The molecule has 0 fully saturated rings. The molecule has 0 unspecified atom stereocenters. The van der Waals surface area contributed by atoms with Crippen LogP contribution in [0, 0.1) is 11.7 Å². The van der Waals surface area contributed by atoms with Crippen molar-refractivity contribution < 1.29 is 9.18 Å². The Morgan fingerprint density at radius 2 is 1.68 bits per heavy atom. The van der Waals surface area contributed by atoms with Crippen molar-refractivity contribution >= 4 is 22.4 Å². The maximum absolute atomic E-state index is 13.0. The van der Waals surface area contributed by atoms with Gasteiger partial charge < -0.3 is 5.32 Å². The zero-order valence-electron chi connectivity index (χ0n) is 16.4. The van der Waals surface area contributed by atoms with Gasteiger partial charge in [0.2, 0.25) is 5.91 Å². The number of nitrogens with one attached hydrogen (secondary N) is 1.